The number of aromatic nitrogens is 2. The van der Waals surface area contributed by atoms with Crippen molar-refractivity contribution >= 4 is 33.3 Å². The molecule has 0 radical (unpaired) electrons. The number of anilines is 1. The minimum absolute atomic E-state index is 0.246. The Kier molecular flexibility index (Phi) is 4.37. The Morgan fingerprint density at radius 1 is 1.00 bits per heavy atom. The maximum atomic E-state index is 12.7. The second-order valence-electron chi connectivity index (χ2n) is 6.72. The van der Waals surface area contributed by atoms with Crippen LogP contribution < -0.4 is 14.8 Å². The van der Waals surface area contributed by atoms with Crippen LogP contribution in [0.2, 0.25) is 0 Å². The Balaban J connectivity index is 1.31. The molecular formula is C22H17N3O3S. The van der Waals surface area contributed by atoms with Gasteiger partial charge in [0.25, 0.3) is 5.91 Å². The first-order valence-corrected chi connectivity index (χ1v) is 10.0. The van der Waals surface area contributed by atoms with Crippen molar-refractivity contribution in [3.05, 3.63) is 66.9 Å². The summed E-state index contributed by atoms with van der Waals surface area (Å²) in [5.41, 5.74) is 2.55. The van der Waals surface area contributed by atoms with E-state index >= 15 is 0 Å². The van der Waals surface area contributed by atoms with Crippen molar-refractivity contribution in [1.29, 1.82) is 0 Å². The quantitative estimate of drug-likeness (QED) is 0.544. The van der Waals surface area contributed by atoms with Crippen LogP contribution in [-0.2, 0) is 4.79 Å². The number of pyridine rings is 1. The summed E-state index contributed by atoms with van der Waals surface area (Å²) in [5, 5.41) is 3.80. The van der Waals surface area contributed by atoms with E-state index in [-0.39, 0.29) is 12.0 Å². The Bertz CT molecular complexity index is 1160. The molecule has 0 spiro atoms. The predicted octanol–water partition coefficient (Wildman–Crippen LogP) is 4.53. The van der Waals surface area contributed by atoms with Crippen LogP contribution in [0.1, 0.15) is 6.92 Å². The number of ether oxygens (including phenoxy) is 2. The monoisotopic (exact) mass is 403 g/mol. The number of benzene rings is 2. The van der Waals surface area contributed by atoms with Crippen LogP contribution >= 0.6 is 11.3 Å². The third-order valence-corrected chi connectivity index (χ3v) is 5.69. The molecule has 3 heterocycles. The molecule has 2 unspecified atom stereocenters. The highest BCUT2D eigenvalue weighted by Gasteiger charge is 2.34. The fourth-order valence-electron chi connectivity index (χ4n) is 3.21. The van der Waals surface area contributed by atoms with Crippen molar-refractivity contribution in [2.24, 2.45) is 0 Å². The van der Waals surface area contributed by atoms with E-state index in [4.69, 9.17) is 9.47 Å². The average Bonchev–Trinajstić information content (AvgIpc) is 3.18. The van der Waals surface area contributed by atoms with Gasteiger partial charge in [0, 0.05) is 17.4 Å². The normalized spacial score (nSPS) is 17.8. The Hall–Kier alpha value is -3.45. The molecule has 2 atom stereocenters. The number of fused-ring (bicyclic) bond motifs is 2. The van der Waals surface area contributed by atoms with E-state index in [1.165, 1.54) is 0 Å². The lowest BCUT2D eigenvalue weighted by Crippen LogP contribution is -2.46. The highest BCUT2D eigenvalue weighted by Crippen LogP contribution is 2.34. The number of thiazole rings is 1. The van der Waals surface area contributed by atoms with Gasteiger partial charge >= 0.3 is 0 Å². The van der Waals surface area contributed by atoms with E-state index in [1.54, 1.807) is 23.6 Å². The molecule has 1 aliphatic heterocycles. The Morgan fingerprint density at radius 3 is 2.52 bits per heavy atom. The van der Waals surface area contributed by atoms with Gasteiger partial charge in [0.2, 0.25) is 6.10 Å². The molecule has 0 aliphatic carbocycles. The van der Waals surface area contributed by atoms with E-state index in [1.807, 2.05) is 61.5 Å². The molecule has 5 rings (SSSR count). The van der Waals surface area contributed by atoms with Gasteiger partial charge in [-0.2, -0.15) is 0 Å². The molecule has 1 amide bonds. The molecule has 1 N–H and O–H groups in total. The Labute approximate surface area is 171 Å². The van der Waals surface area contributed by atoms with E-state index in [2.05, 4.69) is 15.3 Å². The number of nitrogens with zero attached hydrogens (tertiary/aromatic N) is 2. The van der Waals surface area contributed by atoms with Crippen molar-refractivity contribution in [1.82, 2.24) is 9.97 Å². The number of hydrogen-bond acceptors (Lipinski definition) is 6. The smallest absolute Gasteiger partial charge is 0.269 e. The van der Waals surface area contributed by atoms with Crippen molar-refractivity contribution in [3.8, 4) is 22.1 Å². The minimum atomic E-state index is -0.722. The summed E-state index contributed by atoms with van der Waals surface area (Å²) < 4.78 is 11.7. The fraction of sp³-hybridized carbons (Fsp3) is 0.136. The summed E-state index contributed by atoms with van der Waals surface area (Å²) in [6, 6.07) is 18.8. The number of hydrogen-bond donors (Lipinski definition) is 1. The molecule has 0 saturated heterocycles. The highest BCUT2D eigenvalue weighted by atomic mass is 32.1. The topological polar surface area (TPSA) is 73.3 Å². The predicted molar refractivity (Wildman–Crippen MR) is 112 cm³/mol. The number of nitrogens with one attached hydrogen (secondary N) is 1. The summed E-state index contributed by atoms with van der Waals surface area (Å²) in [5.74, 6) is 0.980. The maximum absolute atomic E-state index is 12.7. The van der Waals surface area contributed by atoms with Crippen molar-refractivity contribution in [3.63, 3.8) is 0 Å². The zero-order valence-electron chi connectivity index (χ0n) is 15.5. The zero-order valence-corrected chi connectivity index (χ0v) is 16.3. The van der Waals surface area contributed by atoms with E-state index in [0.717, 1.165) is 20.9 Å². The van der Waals surface area contributed by atoms with Crippen LogP contribution in [0.25, 0.3) is 20.9 Å². The zero-order chi connectivity index (χ0) is 19.8. The number of carbonyl (C=O) groups is 1. The third kappa shape index (κ3) is 3.40. The average molecular weight is 403 g/mol. The number of carbonyl (C=O) groups excluding carboxylic acids is 1. The van der Waals surface area contributed by atoms with Gasteiger partial charge in [-0.1, -0.05) is 23.5 Å². The first kappa shape index (κ1) is 17.6. The summed E-state index contributed by atoms with van der Waals surface area (Å²) in [6.45, 7) is 1.82. The van der Waals surface area contributed by atoms with Crippen LogP contribution in [0.15, 0.2) is 66.9 Å². The van der Waals surface area contributed by atoms with Crippen molar-refractivity contribution in [2.75, 3.05) is 5.32 Å². The first-order chi connectivity index (χ1) is 14.2. The fourth-order valence-corrected chi connectivity index (χ4v) is 4.12. The van der Waals surface area contributed by atoms with Gasteiger partial charge < -0.3 is 14.8 Å². The van der Waals surface area contributed by atoms with Gasteiger partial charge in [-0.15, -0.1) is 0 Å². The highest BCUT2D eigenvalue weighted by molar-refractivity contribution is 7.21. The second-order valence-corrected chi connectivity index (χ2v) is 7.70. The van der Waals surface area contributed by atoms with E-state index in [9.17, 15) is 4.79 Å². The first-order valence-electron chi connectivity index (χ1n) is 9.22. The van der Waals surface area contributed by atoms with Crippen molar-refractivity contribution in [2.45, 2.75) is 19.1 Å². The summed E-state index contributed by atoms with van der Waals surface area (Å²) in [4.78, 5) is 22.6. The summed E-state index contributed by atoms with van der Waals surface area (Å²) >= 11 is 1.54. The van der Waals surface area contributed by atoms with E-state index < -0.39 is 6.10 Å². The molecule has 6 nitrogen and oxygen atoms in total. The molecule has 7 heteroatoms. The summed E-state index contributed by atoms with van der Waals surface area (Å²) in [7, 11) is 0. The molecule has 2 aromatic heterocycles. The van der Waals surface area contributed by atoms with Gasteiger partial charge in [0.1, 0.15) is 21.5 Å². The maximum Gasteiger partial charge on any atom is 0.269 e. The van der Waals surface area contributed by atoms with E-state index in [0.29, 0.717) is 17.2 Å². The molecular weight excluding hydrogens is 386 g/mol. The standard InChI is InChI=1S/C22H17N3O3S/c1-13-19(28-18-7-3-2-6-17(18)27-13)20(26)24-15-10-8-14(9-11-15)21-25-16-5-4-12-23-22(16)29-21/h2-13,19H,1H3,(H,24,26). The number of rotatable bonds is 3. The molecule has 2 aromatic carbocycles. The van der Waals surface area contributed by atoms with Crippen LogP contribution in [0.3, 0.4) is 0 Å². The lowest BCUT2D eigenvalue weighted by atomic mass is 10.1. The van der Waals surface area contributed by atoms with Crippen LogP contribution in [0.4, 0.5) is 5.69 Å². The molecule has 1 aliphatic rings. The second kappa shape index (κ2) is 7.18. The van der Waals surface area contributed by atoms with Gasteiger partial charge in [0.05, 0.1) is 0 Å². The molecule has 0 bridgehead atoms. The molecule has 0 saturated carbocycles. The third-order valence-electron chi connectivity index (χ3n) is 4.67. The molecule has 29 heavy (non-hydrogen) atoms. The Morgan fingerprint density at radius 2 is 1.76 bits per heavy atom. The number of amides is 1. The van der Waals surface area contributed by atoms with Crippen LogP contribution in [0, 0.1) is 0 Å². The minimum Gasteiger partial charge on any atom is -0.482 e. The van der Waals surface area contributed by atoms with Crippen LogP contribution in [0.5, 0.6) is 11.5 Å². The van der Waals surface area contributed by atoms with Gasteiger partial charge in [-0.25, -0.2) is 9.97 Å². The van der Waals surface area contributed by atoms with Crippen LogP contribution in [-0.4, -0.2) is 28.1 Å². The molecule has 0 fully saturated rings. The van der Waals surface area contributed by atoms with Gasteiger partial charge in [-0.3, -0.25) is 4.79 Å². The SMILES string of the molecule is CC1Oc2ccccc2OC1C(=O)Nc1ccc(-c2nc3cccnc3s2)cc1. The lowest BCUT2D eigenvalue weighted by Gasteiger charge is -2.31. The molecule has 4 aromatic rings. The largest absolute Gasteiger partial charge is 0.482 e. The van der Waals surface area contributed by atoms with Gasteiger partial charge in [-0.05, 0) is 55.5 Å². The summed E-state index contributed by atoms with van der Waals surface area (Å²) in [6.07, 6.45) is 0.652. The molecule has 144 valence electrons. The van der Waals surface area contributed by atoms with Gasteiger partial charge in [0.15, 0.2) is 11.5 Å². The van der Waals surface area contributed by atoms with Crippen molar-refractivity contribution < 1.29 is 14.3 Å². The lowest BCUT2D eigenvalue weighted by molar-refractivity contribution is -0.128. The number of para-hydroxylation sites is 2.